The molecule has 0 saturated carbocycles. The zero-order valence-electron chi connectivity index (χ0n) is 6.92. The number of rotatable bonds is 2. The van der Waals surface area contributed by atoms with Crippen molar-refractivity contribution >= 4 is 28.1 Å². The van der Waals surface area contributed by atoms with Crippen LogP contribution in [0.4, 0.5) is 0 Å². The van der Waals surface area contributed by atoms with Gasteiger partial charge in [-0.25, -0.2) is 0 Å². The summed E-state index contributed by atoms with van der Waals surface area (Å²) in [4.78, 5) is 4.23. The van der Waals surface area contributed by atoms with E-state index < -0.39 is 0 Å². The second-order valence-corrected chi connectivity index (χ2v) is 3.25. The molecule has 0 aliphatic heterocycles. The molecule has 0 aliphatic carbocycles. The fourth-order valence-electron chi connectivity index (χ4n) is 0.926. The van der Waals surface area contributed by atoms with Gasteiger partial charge in [0.2, 0.25) is 0 Å². The number of hydrogen-bond donors (Lipinski definition) is 0. The molecule has 0 spiro atoms. The van der Waals surface area contributed by atoms with Gasteiger partial charge in [-0.15, -0.1) is 0 Å². The van der Waals surface area contributed by atoms with E-state index in [0.717, 1.165) is 15.7 Å². The van der Waals surface area contributed by atoms with Gasteiger partial charge in [0.05, 0.1) is 5.69 Å². The minimum Gasteiger partial charge on any atom is -0.255 e. The zero-order chi connectivity index (χ0) is 8.97. The van der Waals surface area contributed by atoms with Gasteiger partial charge in [-0.2, -0.15) is 0 Å². The van der Waals surface area contributed by atoms with Gasteiger partial charge in [-0.1, -0.05) is 18.7 Å². The first-order valence-corrected chi connectivity index (χ1v) is 4.48. The van der Waals surface area contributed by atoms with E-state index in [1.165, 1.54) is 0 Å². The molecular formula is C10H10BrN. The van der Waals surface area contributed by atoms with Gasteiger partial charge >= 0.3 is 0 Å². The highest BCUT2D eigenvalue weighted by Crippen LogP contribution is 2.15. The highest BCUT2D eigenvalue weighted by molar-refractivity contribution is 9.10. The van der Waals surface area contributed by atoms with Crippen molar-refractivity contribution < 1.29 is 0 Å². The molecule has 0 atom stereocenters. The molecule has 1 aromatic heterocycles. The number of halogens is 1. The predicted octanol–water partition coefficient (Wildman–Crippen LogP) is 3.52. The van der Waals surface area contributed by atoms with E-state index in [-0.39, 0.29) is 0 Å². The van der Waals surface area contributed by atoms with E-state index in [2.05, 4.69) is 27.5 Å². The summed E-state index contributed by atoms with van der Waals surface area (Å²) in [5.74, 6) is 0. The molecule has 0 aliphatic rings. The van der Waals surface area contributed by atoms with Crippen LogP contribution in [0.2, 0.25) is 0 Å². The molecule has 1 heterocycles. The van der Waals surface area contributed by atoms with E-state index in [1.807, 2.05) is 25.1 Å². The monoisotopic (exact) mass is 223 g/mol. The van der Waals surface area contributed by atoms with Crippen LogP contribution in [0.25, 0.3) is 12.2 Å². The lowest BCUT2D eigenvalue weighted by molar-refractivity contribution is 1.26. The van der Waals surface area contributed by atoms with Crippen LogP contribution in [0.15, 0.2) is 29.4 Å². The van der Waals surface area contributed by atoms with Gasteiger partial charge in [0.1, 0.15) is 0 Å². The molecule has 0 amide bonds. The highest BCUT2D eigenvalue weighted by Gasteiger charge is 1.96. The number of nitrogens with zero attached hydrogens (tertiary/aromatic N) is 1. The van der Waals surface area contributed by atoms with E-state index >= 15 is 0 Å². The van der Waals surface area contributed by atoms with Crippen molar-refractivity contribution in [3.8, 4) is 0 Å². The fraction of sp³-hybridized carbons (Fsp3) is 0.100. The van der Waals surface area contributed by atoms with Crippen molar-refractivity contribution in [2.24, 2.45) is 0 Å². The fourth-order valence-corrected chi connectivity index (χ4v) is 1.28. The molecule has 0 N–H and O–H groups in total. The van der Waals surface area contributed by atoms with Crippen molar-refractivity contribution in [2.45, 2.75) is 6.92 Å². The van der Waals surface area contributed by atoms with Gasteiger partial charge in [-0.3, -0.25) is 4.98 Å². The minimum absolute atomic E-state index is 0.954. The van der Waals surface area contributed by atoms with Gasteiger partial charge in [0.15, 0.2) is 0 Å². The molecule has 0 bridgehead atoms. The Morgan fingerprint density at radius 2 is 2.33 bits per heavy atom. The van der Waals surface area contributed by atoms with Crippen molar-refractivity contribution in [3.05, 3.63) is 40.6 Å². The Balaban J connectivity index is 3.19. The maximum atomic E-state index is 4.23. The van der Waals surface area contributed by atoms with Gasteiger partial charge in [0.25, 0.3) is 0 Å². The number of hydrogen-bond acceptors (Lipinski definition) is 1. The van der Waals surface area contributed by atoms with Crippen molar-refractivity contribution in [3.63, 3.8) is 0 Å². The molecule has 1 rings (SSSR count). The molecule has 12 heavy (non-hydrogen) atoms. The molecule has 2 heteroatoms. The zero-order valence-corrected chi connectivity index (χ0v) is 8.51. The third-order valence-corrected chi connectivity index (χ3v) is 1.89. The first kappa shape index (κ1) is 9.20. The molecule has 62 valence electrons. The molecule has 0 saturated heterocycles. The summed E-state index contributed by atoms with van der Waals surface area (Å²) in [6.45, 7) is 5.69. The Morgan fingerprint density at radius 3 is 2.92 bits per heavy atom. The van der Waals surface area contributed by atoms with Crippen LogP contribution < -0.4 is 0 Å². The van der Waals surface area contributed by atoms with E-state index in [4.69, 9.17) is 0 Å². The Kier molecular flexibility index (Phi) is 3.23. The lowest BCUT2D eigenvalue weighted by Gasteiger charge is -1.99. The van der Waals surface area contributed by atoms with E-state index in [9.17, 15) is 0 Å². The smallest absolute Gasteiger partial charge is 0.0699 e. The van der Waals surface area contributed by atoms with Gasteiger partial charge < -0.3 is 0 Å². The Labute approximate surface area is 81.0 Å². The third kappa shape index (κ3) is 2.05. The molecule has 1 aromatic rings. The molecule has 0 radical (unpaired) electrons. The second kappa shape index (κ2) is 4.21. The average molecular weight is 224 g/mol. The van der Waals surface area contributed by atoms with Crippen LogP contribution in [0.5, 0.6) is 0 Å². The molecule has 0 fully saturated rings. The van der Waals surface area contributed by atoms with Gasteiger partial charge in [0, 0.05) is 16.2 Å². The van der Waals surface area contributed by atoms with Crippen molar-refractivity contribution in [2.75, 3.05) is 0 Å². The van der Waals surface area contributed by atoms with Crippen molar-refractivity contribution in [1.82, 2.24) is 4.98 Å². The number of pyridine rings is 1. The van der Waals surface area contributed by atoms with Crippen LogP contribution >= 0.6 is 15.9 Å². The minimum atomic E-state index is 0.954. The summed E-state index contributed by atoms with van der Waals surface area (Å²) >= 11 is 3.35. The molecule has 0 aromatic carbocycles. The first-order chi connectivity index (χ1) is 5.77. The van der Waals surface area contributed by atoms with Crippen LogP contribution in [-0.2, 0) is 0 Å². The third-order valence-electron chi connectivity index (χ3n) is 1.46. The van der Waals surface area contributed by atoms with Crippen molar-refractivity contribution in [1.29, 1.82) is 0 Å². The SMILES string of the molecule is C=Cc1cc(Br)cnc1/C=C\C. The topological polar surface area (TPSA) is 12.9 Å². The molecular weight excluding hydrogens is 214 g/mol. The lowest BCUT2D eigenvalue weighted by Crippen LogP contribution is -1.85. The predicted molar refractivity (Wildman–Crippen MR) is 56.7 cm³/mol. The highest BCUT2D eigenvalue weighted by atomic mass is 79.9. The lowest BCUT2D eigenvalue weighted by atomic mass is 10.2. The summed E-state index contributed by atoms with van der Waals surface area (Å²) in [6.07, 6.45) is 7.50. The number of allylic oxidation sites excluding steroid dienone is 1. The maximum Gasteiger partial charge on any atom is 0.0699 e. The van der Waals surface area contributed by atoms with Crippen LogP contribution in [0.3, 0.4) is 0 Å². The van der Waals surface area contributed by atoms with Gasteiger partial charge in [-0.05, 0) is 35.0 Å². The van der Waals surface area contributed by atoms with E-state index in [0.29, 0.717) is 0 Å². The average Bonchev–Trinajstić information content (AvgIpc) is 2.08. The summed E-state index contributed by atoms with van der Waals surface area (Å²) in [7, 11) is 0. The summed E-state index contributed by atoms with van der Waals surface area (Å²) < 4.78 is 0.977. The van der Waals surface area contributed by atoms with Crippen LogP contribution in [-0.4, -0.2) is 4.98 Å². The van der Waals surface area contributed by atoms with Crippen LogP contribution in [0.1, 0.15) is 18.2 Å². The number of aromatic nitrogens is 1. The Morgan fingerprint density at radius 1 is 1.58 bits per heavy atom. The Hall–Kier alpha value is -0.890. The summed E-state index contributed by atoms with van der Waals surface area (Å²) in [5, 5.41) is 0. The maximum absolute atomic E-state index is 4.23. The second-order valence-electron chi connectivity index (χ2n) is 2.33. The summed E-state index contributed by atoms with van der Waals surface area (Å²) in [6, 6.07) is 2.00. The first-order valence-electron chi connectivity index (χ1n) is 3.68. The molecule has 0 unspecified atom stereocenters. The van der Waals surface area contributed by atoms with E-state index in [1.54, 1.807) is 12.3 Å². The normalized spacial score (nSPS) is 10.5. The Bertz CT molecular complexity index is 316. The summed E-state index contributed by atoms with van der Waals surface area (Å²) in [5.41, 5.74) is 2.00. The standard InChI is InChI=1S/C10H10BrN/c1-3-5-10-8(4-2)6-9(11)7-12-10/h3-7H,2H2,1H3/b5-3-. The largest absolute Gasteiger partial charge is 0.255 e. The van der Waals surface area contributed by atoms with Crippen LogP contribution in [0, 0.1) is 0 Å². The quantitative estimate of drug-likeness (QED) is 0.748. The molecule has 1 nitrogen and oxygen atoms in total.